The van der Waals surface area contributed by atoms with Gasteiger partial charge in [0.15, 0.2) is 5.96 Å². The summed E-state index contributed by atoms with van der Waals surface area (Å²) < 4.78 is 26.6. The van der Waals surface area contributed by atoms with Gasteiger partial charge in [-0.15, -0.1) is 24.0 Å². The van der Waals surface area contributed by atoms with Crippen LogP contribution >= 0.6 is 24.0 Å². The second kappa shape index (κ2) is 11.9. The van der Waals surface area contributed by atoms with Gasteiger partial charge in [-0.2, -0.15) is 4.31 Å². The molecule has 0 aromatic heterocycles. The van der Waals surface area contributed by atoms with Crippen molar-refractivity contribution in [3.05, 3.63) is 29.8 Å². The number of sulfonamides is 1. The van der Waals surface area contributed by atoms with Crippen molar-refractivity contribution in [2.24, 2.45) is 10.9 Å². The van der Waals surface area contributed by atoms with E-state index < -0.39 is 10.0 Å². The summed E-state index contributed by atoms with van der Waals surface area (Å²) in [6, 6.07) is 7.12. The maximum atomic E-state index is 12.5. The summed E-state index contributed by atoms with van der Waals surface area (Å²) in [4.78, 5) is 4.60. The normalized spacial score (nSPS) is 15.6. The van der Waals surface area contributed by atoms with Crippen LogP contribution in [-0.2, 0) is 16.6 Å². The molecule has 154 valence electrons. The lowest BCUT2D eigenvalue weighted by Gasteiger charge is -2.16. The molecular formula is C19H33IN4O2S. The zero-order valence-electron chi connectivity index (χ0n) is 16.6. The van der Waals surface area contributed by atoms with E-state index in [1.165, 1.54) is 6.42 Å². The summed E-state index contributed by atoms with van der Waals surface area (Å²) in [6.07, 6.45) is 4.20. The summed E-state index contributed by atoms with van der Waals surface area (Å²) in [5, 5.41) is 6.57. The van der Waals surface area contributed by atoms with E-state index >= 15 is 0 Å². The van der Waals surface area contributed by atoms with Crippen molar-refractivity contribution in [2.75, 3.05) is 26.7 Å². The Kier molecular flexibility index (Phi) is 10.6. The number of halogens is 1. The van der Waals surface area contributed by atoms with Crippen LogP contribution in [0.5, 0.6) is 0 Å². The molecule has 1 aliphatic rings. The lowest BCUT2D eigenvalue weighted by atomic mass is 10.1. The Balaban J connectivity index is 0.00000364. The number of guanidine groups is 1. The smallest absolute Gasteiger partial charge is 0.243 e. The van der Waals surface area contributed by atoms with Gasteiger partial charge >= 0.3 is 0 Å². The van der Waals surface area contributed by atoms with Crippen LogP contribution in [0.2, 0.25) is 0 Å². The van der Waals surface area contributed by atoms with Crippen molar-refractivity contribution in [2.45, 2.75) is 51.0 Å². The van der Waals surface area contributed by atoms with E-state index in [0.29, 0.717) is 30.4 Å². The number of nitrogens with one attached hydrogen (secondary N) is 2. The molecule has 8 heteroatoms. The Labute approximate surface area is 181 Å². The van der Waals surface area contributed by atoms with Crippen LogP contribution < -0.4 is 10.6 Å². The fraction of sp³-hybridized carbons (Fsp3) is 0.632. The molecule has 1 saturated heterocycles. The molecule has 1 aromatic rings. The van der Waals surface area contributed by atoms with Gasteiger partial charge in [-0.25, -0.2) is 8.42 Å². The van der Waals surface area contributed by atoms with Crippen LogP contribution in [0.1, 0.15) is 45.1 Å². The highest BCUT2D eigenvalue weighted by molar-refractivity contribution is 14.0. The lowest BCUT2D eigenvalue weighted by molar-refractivity contribution is 0.477. The van der Waals surface area contributed by atoms with E-state index in [-0.39, 0.29) is 24.0 Å². The Bertz CT molecular complexity index is 684. The molecule has 0 atom stereocenters. The van der Waals surface area contributed by atoms with Gasteiger partial charge < -0.3 is 10.6 Å². The Morgan fingerprint density at radius 1 is 1.15 bits per heavy atom. The van der Waals surface area contributed by atoms with E-state index in [1.54, 1.807) is 23.5 Å². The largest absolute Gasteiger partial charge is 0.356 e. The Morgan fingerprint density at radius 3 is 2.33 bits per heavy atom. The number of nitrogens with zero attached hydrogens (tertiary/aromatic N) is 2. The molecule has 0 aliphatic carbocycles. The summed E-state index contributed by atoms with van der Waals surface area (Å²) in [5.41, 5.74) is 1.02. The third-order valence-electron chi connectivity index (χ3n) is 4.56. The van der Waals surface area contributed by atoms with Crippen molar-refractivity contribution in [1.29, 1.82) is 0 Å². The first kappa shape index (κ1) is 24.2. The monoisotopic (exact) mass is 508 g/mol. The van der Waals surface area contributed by atoms with E-state index in [4.69, 9.17) is 0 Å². The van der Waals surface area contributed by atoms with Crippen molar-refractivity contribution < 1.29 is 8.42 Å². The molecule has 1 fully saturated rings. The topological polar surface area (TPSA) is 73.8 Å². The quantitative estimate of drug-likeness (QED) is 0.245. The van der Waals surface area contributed by atoms with Crippen molar-refractivity contribution >= 4 is 40.0 Å². The molecule has 0 unspecified atom stereocenters. The van der Waals surface area contributed by atoms with Gasteiger partial charge in [-0.1, -0.05) is 26.0 Å². The van der Waals surface area contributed by atoms with Crippen LogP contribution in [-0.4, -0.2) is 45.4 Å². The molecular weight excluding hydrogens is 475 g/mol. The molecule has 0 radical (unpaired) electrons. The van der Waals surface area contributed by atoms with Gasteiger partial charge in [0.1, 0.15) is 0 Å². The van der Waals surface area contributed by atoms with Crippen LogP contribution in [0, 0.1) is 5.92 Å². The molecule has 0 amide bonds. The van der Waals surface area contributed by atoms with Gasteiger partial charge in [-0.3, -0.25) is 4.99 Å². The maximum absolute atomic E-state index is 12.5. The van der Waals surface area contributed by atoms with Gasteiger partial charge in [0.2, 0.25) is 10.0 Å². The zero-order chi connectivity index (χ0) is 19.0. The highest BCUT2D eigenvalue weighted by Gasteiger charge is 2.26. The molecule has 1 aromatic carbocycles. The summed E-state index contributed by atoms with van der Waals surface area (Å²) in [5.74, 6) is 1.48. The second-order valence-corrected chi connectivity index (χ2v) is 9.08. The Morgan fingerprint density at radius 2 is 1.78 bits per heavy atom. The molecule has 2 N–H and O–H groups in total. The van der Waals surface area contributed by atoms with E-state index in [0.717, 1.165) is 37.3 Å². The van der Waals surface area contributed by atoms with Crippen molar-refractivity contribution in [3.8, 4) is 0 Å². The van der Waals surface area contributed by atoms with Gasteiger partial charge in [0.05, 0.1) is 4.90 Å². The molecule has 2 rings (SSSR count). The van der Waals surface area contributed by atoms with Gasteiger partial charge in [0, 0.05) is 33.2 Å². The van der Waals surface area contributed by atoms with Crippen molar-refractivity contribution in [1.82, 2.24) is 14.9 Å². The predicted molar refractivity (Wildman–Crippen MR) is 122 cm³/mol. The van der Waals surface area contributed by atoms with Crippen LogP contribution in [0.4, 0.5) is 0 Å². The Hall–Kier alpha value is -0.870. The molecule has 0 saturated carbocycles. The van der Waals surface area contributed by atoms with E-state index in [9.17, 15) is 8.42 Å². The number of hydrogen-bond acceptors (Lipinski definition) is 3. The fourth-order valence-corrected chi connectivity index (χ4v) is 4.50. The van der Waals surface area contributed by atoms with E-state index in [1.807, 2.05) is 12.1 Å². The average molecular weight is 508 g/mol. The average Bonchev–Trinajstić information content (AvgIpc) is 3.17. The molecule has 27 heavy (non-hydrogen) atoms. The summed E-state index contributed by atoms with van der Waals surface area (Å²) in [7, 11) is -1.58. The fourth-order valence-electron chi connectivity index (χ4n) is 2.98. The molecule has 6 nitrogen and oxygen atoms in total. The number of aliphatic imine (C=N–C) groups is 1. The third kappa shape index (κ3) is 7.57. The standard InChI is InChI=1S/C19H32N4O2S.HI/c1-16(2)7-6-12-21-19(20-3)22-15-17-8-10-18(11-9-17)26(24,25)23-13-4-5-14-23;/h8-11,16H,4-7,12-15H2,1-3H3,(H2,20,21,22);1H. The van der Waals surface area contributed by atoms with Gasteiger partial charge in [-0.05, 0) is 49.3 Å². The predicted octanol–water partition coefficient (Wildman–Crippen LogP) is 3.19. The van der Waals surface area contributed by atoms with Crippen molar-refractivity contribution in [3.63, 3.8) is 0 Å². The van der Waals surface area contributed by atoms with Gasteiger partial charge in [0.25, 0.3) is 0 Å². The maximum Gasteiger partial charge on any atom is 0.243 e. The van der Waals surface area contributed by atoms with Crippen LogP contribution in [0.3, 0.4) is 0 Å². The molecule has 0 bridgehead atoms. The first-order valence-electron chi connectivity index (χ1n) is 9.47. The summed E-state index contributed by atoms with van der Waals surface area (Å²) >= 11 is 0. The molecule has 1 heterocycles. The molecule has 0 spiro atoms. The number of hydrogen-bond donors (Lipinski definition) is 2. The van der Waals surface area contributed by atoms with Crippen LogP contribution in [0.15, 0.2) is 34.2 Å². The highest BCUT2D eigenvalue weighted by Crippen LogP contribution is 2.21. The molecule has 1 aliphatic heterocycles. The zero-order valence-corrected chi connectivity index (χ0v) is 19.7. The van der Waals surface area contributed by atoms with Crippen LogP contribution in [0.25, 0.3) is 0 Å². The first-order valence-corrected chi connectivity index (χ1v) is 10.9. The minimum Gasteiger partial charge on any atom is -0.356 e. The number of rotatable bonds is 8. The minimum absolute atomic E-state index is 0. The summed E-state index contributed by atoms with van der Waals surface area (Å²) in [6.45, 7) is 7.20. The number of benzene rings is 1. The highest BCUT2D eigenvalue weighted by atomic mass is 127. The minimum atomic E-state index is -3.34. The first-order chi connectivity index (χ1) is 12.4. The second-order valence-electron chi connectivity index (χ2n) is 7.14. The SMILES string of the molecule is CN=C(NCCCC(C)C)NCc1ccc(S(=O)(=O)N2CCCC2)cc1.I. The van der Waals surface area contributed by atoms with E-state index in [2.05, 4.69) is 29.5 Å². The lowest BCUT2D eigenvalue weighted by Crippen LogP contribution is -2.37. The third-order valence-corrected chi connectivity index (χ3v) is 6.47.